The molecule has 0 saturated carbocycles. The van der Waals surface area contributed by atoms with Crippen LogP contribution in [-0.2, 0) is 7.05 Å². The van der Waals surface area contributed by atoms with Crippen molar-refractivity contribution in [2.45, 2.75) is 5.92 Å². The van der Waals surface area contributed by atoms with Gasteiger partial charge in [-0.25, -0.2) is 4.98 Å². The second kappa shape index (κ2) is 4.87. The molecule has 3 heterocycles. The lowest BCUT2D eigenvalue weighted by atomic mass is 9.95. The number of pyridine rings is 1. The minimum atomic E-state index is 0.258. The molecule has 1 aromatic carbocycles. The van der Waals surface area contributed by atoms with E-state index < -0.39 is 0 Å². The Morgan fingerprint density at radius 3 is 2.91 bits per heavy atom. The first-order valence-corrected chi connectivity index (χ1v) is 7.22. The van der Waals surface area contributed by atoms with Crippen molar-refractivity contribution in [2.75, 3.05) is 11.9 Å². The molecule has 110 valence electrons. The maximum absolute atomic E-state index is 9.66. The number of nitrogens with one attached hydrogen (secondary N) is 1. The first-order valence-electron chi connectivity index (χ1n) is 7.22. The van der Waals surface area contributed by atoms with Gasteiger partial charge in [-0.15, -0.1) is 0 Å². The molecule has 5 heteroatoms. The summed E-state index contributed by atoms with van der Waals surface area (Å²) in [6, 6.07) is 9.39. The molecule has 2 N–H and O–H groups in total. The first kappa shape index (κ1) is 12.9. The van der Waals surface area contributed by atoms with Crippen LogP contribution in [0.4, 0.5) is 5.82 Å². The van der Waals surface area contributed by atoms with Crippen LogP contribution in [-0.4, -0.2) is 26.4 Å². The van der Waals surface area contributed by atoms with Crippen molar-refractivity contribution in [1.82, 2.24) is 14.8 Å². The first-order chi connectivity index (χ1) is 10.7. The molecular formula is C17H16N4O. The molecule has 0 aliphatic carbocycles. The van der Waals surface area contributed by atoms with Crippen LogP contribution in [0.25, 0.3) is 11.1 Å². The van der Waals surface area contributed by atoms with Gasteiger partial charge >= 0.3 is 0 Å². The Bertz CT molecular complexity index is 840. The number of phenolic OH excluding ortho intramolecular Hbond substituents is 1. The van der Waals surface area contributed by atoms with Gasteiger partial charge in [0.05, 0.1) is 6.20 Å². The molecule has 0 spiro atoms. The lowest BCUT2D eigenvalue weighted by Crippen LogP contribution is -2.02. The molecule has 3 aromatic rings. The number of hydrogen-bond donors (Lipinski definition) is 2. The van der Waals surface area contributed by atoms with Gasteiger partial charge in [-0.2, -0.15) is 5.10 Å². The summed E-state index contributed by atoms with van der Waals surface area (Å²) in [6.07, 6.45) is 5.79. The molecule has 1 unspecified atom stereocenters. The van der Waals surface area contributed by atoms with Gasteiger partial charge in [-0.1, -0.05) is 12.1 Å². The van der Waals surface area contributed by atoms with Crippen LogP contribution in [0.5, 0.6) is 5.75 Å². The van der Waals surface area contributed by atoms with Crippen molar-refractivity contribution in [3.8, 4) is 16.9 Å². The van der Waals surface area contributed by atoms with Gasteiger partial charge in [0, 0.05) is 43.0 Å². The average molecular weight is 292 g/mol. The van der Waals surface area contributed by atoms with Gasteiger partial charge in [0.15, 0.2) is 0 Å². The summed E-state index contributed by atoms with van der Waals surface area (Å²) < 4.78 is 1.82. The Balaban J connectivity index is 1.77. The van der Waals surface area contributed by atoms with E-state index in [2.05, 4.69) is 21.5 Å². The third-order valence-electron chi connectivity index (χ3n) is 4.07. The van der Waals surface area contributed by atoms with Crippen molar-refractivity contribution in [3.63, 3.8) is 0 Å². The molecule has 0 saturated heterocycles. The SMILES string of the molecule is Cn1cc(C2CNc3ncc(-c4cccc(O)c4)cc32)cn1. The second-order valence-electron chi connectivity index (χ2n) is 5.59. The molecule has 1 atom stereocenters. The van der Waals surface area contributed by atoms with Crippen molar-refractivity contribution in [3.05, 3.63) is 60.0 Å². The number of hydrogen-bond acceptors (Lipinski definition) is 4. The molecule has 0 fully saturated rings. The maximum Gasteiger partial charge on any atom is 0.129 e. The van der Waals surface area contributed by atoms with E-state index in [0.717, 1.165) is 23.5 Å². The Kier molecular flexibility index (Phi) is 2.85. The molecule has 5 nitrogen and oxygen atoms in total. The normalized spacial score (nSPS) is 16.3. The maximum atomic E-state index is 9.66. The minimum absolute atomic E-state index is 0.258. The summed E-state index contributed by atoms with van der Waals surface area (Å²) in [7, 11) is 1.92. The van der Waals surface area contributed by atoms with Crippen molar-refractivity contribution >= 4 is 5.82 Å². The number of aromatic nitrogens is 3. The van der Waals surface area contributed by atoms with Crippen LogP contribution < -0.4 is 5.32 Å². The number of aromatic hydroxyl groups is 1. The summed E-state index contributed by atoms with van der Waals surface area (Å²) in [5, 5.41) is 17.3. The molecule has 1 aliphatic rings. The lowest BCUT2D eigenvalue weighted by molar-refractivity contribution is 0.475. The molecule has 0 bridgehead atoms. The van der Waals surface area contributed by atoms with E-state index >= 15 is 0 Å². The van der Waals surface area contributed by atoms with Crippen molar-refractivity contribution in [2.24, 2.45) is 7.05 Å². The fourth-order valence-electron chi connectivity index (χ4n) is 2.96. The van der Waals surface area contributed by atoms with Crippen LogP contribution in [0, 0.1) is 0 Å². The molecule has 0 radical (unpaired) electrons. The monoisotopic (exact) mass is 292 g/mol. The zero-order chi connectivity index (χ0) is 15.1. The predicted octanol–water partition coefficient (Wildman–Crippen LogP) is 2.75. The lowest BCUT2D eigenvalue weighted by Gasteiger charge is -2.09. The smallest absolute Gasteiger partial charge is 0.129 e. The van der Waals surface area contributed by atoms with Gasteiger partial charge in [0.25, 0.3) is 0 Å². The second-order valence-corrected chi connectivity index (χ2v) is 5.59. The third-order valence-corrected chi connectivity index (χ3v) is 4.07. The number of benzene rings is 1. The van der Waals surface area contributed by atoms with Crippen LogP contribution in [0.15, 0.2) is 48.9 Å². The Morgan fingerprint density at radius 1 is 1.23 bits per heavy atom. The molecule has 1 aliphatic heterocycles. The highest BCUT2D eigenvalue weighted by Gasteiger charge is 2.26. The minimum Gasteiger partial charge on any atom is -0.508 e. The Morgan fingerprint density at radius 2 is 2.14 bits per heavy atom. The van der Waals surface area contributed by atoms with Gasteiger partial charge < -0.3 is 10.4 Å². The third kappa shape index (κ3) is 2.11. The molecule has 2 aromatic heterocycles. The van der Waals surface area contributed by atoms with Crippen molar-refractivity contribution in [1.29, 1.82) is 0 Å². The van der Waals surface area contributed by atoms with Crippen LogP contribution in [0.2, 0.25) is 0 Å². The molecule has 4 rings (SSSR count). The molecule has 0 amide bonds. The summed E-state index contributed by atoms with van der Waals surface area (Å²) in [6.45, 7) is 0.831. The highest BCUT2D eigenvalue weighted by molar-refractivity contribution is 5.69. The van der Waals surface area contributed by atoms with E-state index in [9.17, 15) is 5.11 Å². The van der Waals surface area contributed by atoms with E-state index in [-0.39, 0.29) is 11.7 Å². The fraction of sp³-hybridized carbons (Fsp3) is 0.176. The van der Waals surface area contributed by atoms with E-state index in [1.54, 1.807) is 12.1 Å². The predicted molar refractivity (Wildman–Crippen MR) is 84.9 cm³/mol. The summed E-state index contributed by atoms with van der Waals surface area (Å²) in [5.41, 5.74) is 4.33. The van der Waals surface area contributed by atoms with Gasteiger partial charge in [-0.05, 0) is 29.3 Å². The van der Waals surface area contributed by atoms with Crippen LogP contribution >= 0.6 is 0 Å². The van der Waals surface area contributed by atoms with Gasteiger partial charge in [-0.3, -0.25) is 4.68 Å². The van der Waals surface area contributed by atoms with Crippen LogP contribution in [0.1, 0.15) is 17.0 Å². The molecular weight excluding hydrogens is 276 g/mol. The summed E-state index contributed by atoms with van der Waals surface area (Å²) >= 11 is 0. The van der Waals surface area contributed by atoms with E-state index in [4.69, 9.17) is 0 Å². The number of fused-ring (bicyclic) bond motifs is 1. The average Bonchev–Trinajstić information content (AvgIpc) is 3.12. The number of phenols is 1. The van der Waals surface area contributed by atoms with E-state index in [1.807, 2.05) is 42.5 Å². The zero-order valence-corrected chi connectivity index (χ0v) is 12.2. The van der Waals surface area contributed by atoms with Crippen molar-refractivity contribution < 1.29 is 5.11 Å². The fourth-order valence-corrected chi connectivity index (χ4v) is 2.96. The number of rotatable bonds is 2. The number of anilines is 1. The summed E-state index contributed by atoms with van der Waals surface area (Å²) in [5.74, 6) is 1.45. The van der Waals surface area contributed by atoms with Gasteiger partial charge in [0.1, 0.15) is 11.6 Å². The number of aryl methyl sites for hydroxylation is 1. The Labute approximate surface area is 128 Å². The van der Waals surface area contributed by atoms with Crippen LogP contribution in [0.3, 0.4) is 0 Å². The van der Waals surface area contributed by atoms with Gasteiger partial charge in [0.2, 0.25) is 0 Å². The zero-order valence-electron chi connectivity index (χ0n) is 12.2. The van der Waals surface area contributed by atoms with E-state index in [0.29, 0.717) is 0 Å². The highest BCUT2D eigenvalue weighted by Crippen LogP contribution is 2.37. The topological polar surface area (TPSA) is 63.0 Å². The Hall–Kier alpha value is -2.82. The van der Waals surface area contributed by atoms with E-state index in [1.165, 1.54) is 11.1 Å². The standard InChI is InChI=1S/C17H16N4O/c1-21-10-13(8-20-21)16-9-19-17-15(16)6-12(7-18-17)11-3-2-4-14(22)5-11/h2-8,10,16,22H,9H2,1H3,(H,18,19). The number of nitrogens with zero attached hydrogens (tertiary/aromatic N) is 3. The highest BCUT2D eigenvalue weighted by atomic mass is 16.3. The quantitative estimate of drug-likeness (QED) is 0.762. The largest absolute Gasteiger partial charge is 0.508 e. The summed E-state index contributed by atoms with van der Waals surface area (Å²) in [4.78, 5) is 4.53. The molecule has 22 heavy (non-hydrogen) atoms.